The normalized spacial score (nSPS) is 12.7. The van der Waals surface area contributed by atoms with Crippen molar-refractivity contribution < 1.29 is 17.5 Å². The van der Waals surface area contributed by atoms with Crippen LogP contribution in [0.5, 0.6) is 0 Å². The highest BCUT2D eigenvalue weighted by Crippen LogP contribution is 2.20. The van der Waals surface area contributed by atoms with Crippen molar-refractivity contribution >= 4 is 10.1 Å². The Morgan fingerprint density at radius 1 is 0.352 bits per heavy atom. The van der Waals surface area contributed by atoms with Gasteiger partial charge in [-0.05, 0) is 69.6 Å². The molecule has 0 aliphatic rings. The summed E-state index contributed by atoms with van der Waals surface area (Å²) in [5, 5.41) is 0. The van der Waals surface area contributed by atoms with Gasteiger partial charge in [-0.25, -0.2) is 12.9 Å². The number of hydrogen-bond acceptors (Lipinski definition) is 3. The predicted octanol–water partition coefficient (Wildman–Crippen LogP) is 16.8. The first-order chi connectivity index (χ1) is 26.4. The highest BCUT2D eigenvalue weighted by Gasteiger charge is 2.19. The van der Waals surface area contributed by atoms with Crippen LogP contribution in [0.4, 0.5) is 0 Å². The van der Waals surface area contributed by atoms with Gasteiger partial charge >= 0.3 is 0 Å². The summed E-state index contributed by atoms with van der Waals surface area (Å²) in [5.74, 6) is -0.264. The van der Waals surface area contributed by atoms with E-state index < -0.39 is 10.1 Å². The molecule has 0 aromatic carbocycles. The van der Waals surface area contributed by atoms with Crippen LogP contribution in [-0.4, -0.2) is 29.8 Å². The Morgan fingerprint density at radius 2 is 0.593 bits per heavy atom. The summed E-state index contributed by atoms with van der Waals surface area (Å²) in [7, 11) is -4.18. The third-order valence-corrected chi connectivity index (χ3v) is 12.1. The van der Waals surface area contributed by atoms with Crippen molar-refractivity contribution in [3.05, 3.63) is 36.8 Å². The molecule has 0 aliphatic carbocycles. The maximum Gasteiger partial charge on any atom is 0.101 e. The summed E-state index contributed by atoms with van der Waals surface area (Å²) < 4.78 is 34.8. The lowest BCUT2D eigenvalue weighted by Gasteiger charge is -2.27. The van der Waals surface area contributed by atoms with Crippen molar-refractivity contribution in [3.63, 3.8) is 0 Å². The molecule has 0 fully saturated rings. The fraction of sp³-hybridized carbons (Fsp3) is 0.878. The fourth-order valence-corrected chi connectivity index (χ4v) is 8.19. The van der Waals surface area contributed by atoms with Crippen molar-refractivity contribution in [1.29, 1.82) is 0 Å². The Bertz CT molecular complexity index is 852. The summed E-state index contributed by atoms with van der Waals surface area (Å²) in [6.07, 6.45) is 63.4. The van der Waals surface area contributed by atoms with Crippen LogP contribution >= 0.6 is 0 Å². The number of rotatable bonds is 44. The molecule has 0 amide bonds. The molecule has 0 aliphatic heterocycles. The SMILES string of the molecule is CCCCCCCCCCCCC/C=C/[N+](/C=C/CCCCCCCCCCCCC)(/C=C/CCCCCCCCCCCCC)CCCCS(=O)(=O)[O-]. The minimum absolute atomic E-state index is 0.264. The van der Waals surface area contributed by atoms with Gasteiger partial charge in [0, 0.05) is 5.75 Å². The van der Waals surface area contributed by atoms with Crippen LogP contribution in [0.3, 0.4) is 0 Å². The van der Waals surface area contributed by atoms with Crippen LogP contribution < -0.4 is 0 Å². The van der Waals surface area contributed by atoms with Crippen LogP contribution in [-0.2, 0) is 10.1 Å². The number of allylic oxidation sites excluding steroid dienone is 3. The van der Waals surface area contributed by atoms with E-state index in [1.165, 1.54) is 212 Å². The summed E-state index contributed by atoms with van der Waals surface area (Å²) in [6, 6.07) is 0. The van der Waals surface area contributed by atoms with E-state index in [-0.39, 0.29) is 5.75 Å². The Labute approximate surface area is 340 Å². The second-order valence-electron chi connectivity index (χ2n) is 16.8. The van der Waals surface area contributed by atoms with Crippen LogP contribution in [0.1, 0.15) is 265 Å². The molecule has 0 saturated heterocycles. The van der Waals surface area contributed by atoms with Crippen molar-refractivity contribution in [3.8, 4) is 0 Å². The molecule has 0 atom stereocenters. The van der Waals surface area contributed by atoms with Crippen LogP contribution in [0.15, 0.2) is 36.8 Å². The lowest BCUT2D eigenvalue weighted by atomic mass is 10.1. The first-order valence-corrected chi connectivity index (χ1v) is 25.8. The monoisotopic (exact) mass is 778 g/mol. The first kappa shape index (κ1) is 53.1. The van der Waals surface area contributed by atoms with E-state index in [9.17, 15) is 13.0 Å². The van der Waals surface area contributed by atoms with Gasteiger partial charge in [-0.3, -0.25) is 0 Å². The number of nitrogens with zero attached hydrogens (tertiary/aromatic N) is 1. The molecule has 5 heteroatoms. The van der Waals surface area contributed by atoms with E-state index >= 15 is 0 Å². The third-order valence-electron chi connectivity index (χ3n) is 11.3. The van der Waals surface area contributed by atoms with Gasteiger partial charge < -0.3 is 4.55 Å². The molecule has 0 N–H and O–H groups in total. The Hall–Kier alpha value is -0.910. The van der Waals surface area contributed by atoms with Crippen molar-refractivity contribution in [2.24, 2.45) is 0 Å². The maximum absolute atomic E-state index is 11.4. The molecule has 0 saturated carbocycles. The molecular weight excluding hydrogens is 683 g/mol. The second-order valence-corrected chi connectivity index (χ2v) is 18.3. The minimum Gasteiger partial charge on any atom is -0.748 e. The first-order valence-electron chi connectivity index (χ1n) is 24.2. The van der Waals surface area contributed by atoms with E-state index in [0.29, 0.717) is 10.9 Å². The van der Waals surface area contributed by atoms with Crippen LogP contribution in [0.25, 0.3) is 0 Å². The number of quaternary nitrogens is 1. The van der Waals surface area contributed by atoms with E-state index in [2.05, 4.69) is 57.6 Å². The average molecular weight is 778 g/mol. The molecule has 0 unspecified atom stereocenters. The van der Waals surface area contributed by atoms with E-state index in [1.807, 2.05) is 0 Å². The number of unbranched alkanes of at least 4 members (excludes halogenated alkanes) is 34. The van der Waals surface area contributed by atoms with Gasteiger partial charge in [0.25, 0.3) is 0 Å². The highest BCUT2D eigenvalue weighted by atomic mass is 32.2. The zero-order chi connectivity index (χ0) is 39.5. The maximum atomic E-state index is 11.4. The summed E-state index contributed by atoms with van der Waals surface area (Å²) in [4.78, 5) is 0. The highest BCUT2D eigenvalue weighted by molar-refractivity contribution is 7.85. The van der Waals surface area contributed by atoms with E-state index in [4.69, 9.17) is 0 Å². The second kappa shape index (κ2) is 41.7. The molecule has 54 heavy (non-hydrogen) atoms. The lowest BCUT2D eigenvalue weighted by molar-refractivity contribution is -0.774. The predicted molar refractivity (Wildman–Crippen MR) is 240 cm³/mol. The number of hydrogen-bond donors (Lipinski definition) is 0. The quantitative estimate of drug-likeness (QED) is 0.0352. The molecule has 0 bridgehead atoms. The van der Waals surface area contributed by atoms with Gasteiger partial charge in [0.2, 0.25) is 0 Å². The lowest BCUT2D eigenvalue weighted by Crippen LogP contribution is -2.32. The summed E-state index contributed by atoms with van der Waals surface area (Å²) in [5.41, 5.74) is 0. The molecule has 0 spiro atoms. The molecular formula is C49H95NO3S. The van der Waals surface area contributed by atoms with Gasteiger partial charge in [-0.15, -0.1) is 0 Å². The van der Waals surface area contributed by atoms with E-state index in [1.54, 1.807) is 0 Å². The van der Waals surface area contributed by atoms with Crippen molar-refractivity contribution in [1.82, 2.24) is 0 Å². The Balaban J connectivity index is 5.07. The van der Waals surface area contributed by atoms with Gasteiger partial charge in [-0.1, -0.05) is 213 Å². The Kier molecular flexibility index (Phi) is 41.0. The average Bonchev–Trinajstić information content (AvgIpc) is 3.15. The Morgan fingerprint density at radius 3 is 0.833 bits per heavy atom. The van der Waals surface area contributed by atoms with Crippen molar-refractivity contribution in [2.75, 3.05) is 12.3 Å². The molecule has 0 aromatic rings. The molecule has 0 heterocycles. The van der Waals surface area contributed by atoms with Gasteiger partial charge in [-0.2, -0.15) is 0 Å². The molecule has 320 valence electrons. The van der Waals surface area contributed by atoms with E-state index in [0.717, 1.165) is 32.2 Å². The standard InChI is InChI=1S/C49H95NO3S/c1-4-7-10-13-16-19-22-25-28-31-34-37-40-45-50(48-43-44-49-54(51,52)53,46-41-38-35-32-29-26-23-20-17-14-11-8-5-2)47-42-39-36-33-30-27-24-21-18-15-12-9-6-3/h40-42,45-47H,4-39,43-44,48-49H2,1-3H3/b45-40+,46-41+,47-42+. The van der Waals surface area contributed by atoms with Crippen LogP contribution in [0, 0.1) is 0 Å². The van der Waals surface area contributed by atoms with Crippen molar-refractivity contribution in [2.45, 2.75) is 265 Å². The molecule has 0 aromatic heterocycles. The largest absolute Gasteiger partial charge is 0.748 e. The summed E-state index contributed by atoms with van der Waals surface area (Å²) in [6.45, 7) is 7.66. The topological polar surface area (TPSA) is 57.2 Å². The summed E-state index contributed by atoms with van der Waals surface area (Å²) >= 11 is 0. The molecule has 0 rings (SSSR count). The zero-order valence-electron chi connectivity index (χ0n) is 36.8. The minimum atomic E-state index is -4.18. The third kappa shape index (κ3) is 40.7. The molecule has 0 radical (unpaired) electrons. The van der Waals surface area contributed by atoms with Gasteiger partial charge in [0.05, 0.1) is 16.7 Å². The van der Waals surface area contributed by atoms with Crippen LogP contribution in [0.2, 0.25) is 0 Å². The van der Waals surface area contributed by atoms with Gasteiger partial charge in [0.15, 0.2) is 0 Å². The fourth-order valence-electron chi connectivity index (χ4n) is 7.63. The zero-order valence-corrected chi connectivity index (χ0v) is 37.6. The van der Waals surface area contributed by atoms with Gasteiger partial charge in [0.1, 0.15) is 18.6 Å². The molecule has 4 nitrogen and oxygen atoms in total. The smallest absolute Gasteiger partial charge is 0.101 e.